The van der Waals surface area contributed by atoms with E-state index in [0.717, 1.165) is 19.1 Å². The molecule has 0 bridgehead atoms. The first-order valence-electron chi connectivity index (χ1n) is 6.30. The van der Waals surface area contributed by atoms with E-state index in [1.807, 2.05) is 7.05 Å². The molecule has 1 aliphatic carbocycles. The Kier molecular flexibility index (Phi) is 5.07. The van der Waals surface area contributed by atoms with Gasteiger partial charge in [0, 0.05) is 12.0 Å². The molecule has 0 aromatic carbocycles. The lowest BCUT2D eigenvalue weighted by Gasteiger charge is -2.31. The molecule has 90 valence electrons. The van der Waals surface area contributed by atoms with Crippen molar-refractivity contribution in [2.24, 2.45) is 11.3 Å². The van der Waals surface area contributed by atoms with Crippen LogP contribution in [0.3, 0.4) is 0 Å². The first-order valence-corrected chi connectivity index (χ1v) is 6.30. The molecule has 0 spiro atoms. The summed E-state index contributed by atoms with van der Waals surface area (Å²) in [5.41, 5.74) is 0.259. The SMILES string of the molecule is CNCC(C)(C)COC1CCCC(C)C1. The van der Waals surface area contributed by atoms with E-state index in [-0.39, 0.29) is 5.41 Å². The van der Waals surface area contributed by atoms with Gasteiger partial charge in [-0.15, -0.1) is 0 Å². The summed E-state index contributed by atoms with van der Waals surface area (Å²) in [6.45, 7) is 8.76. The Morgan fingerprint density at radius 2 is 2.07 bits per heavy atom. The standard InChI is InChI=1S/C13H27NO/c1-11-6-5-7-12(8-11)15-10-13(2,3)9-14-4/h11-12,14H,5-10H2,1-4H3. The van der Waals surface area contributed by atoms with Crippen LogP contribution in [-0.2, 0) is 4.74 Å². The van der Waals surface area contributed by atoms with Crippen LogP contribution in [0, 0.1) is 11.3 Å². The Bertz CT molecular complexity index is 179. The molecule has 2 heteroatoms. The average molecular weight is 213 g/mol. The zero-order chi connectivity index (χ0) is 11.3. The van der Waals surface area contributed by atoms with Gasteiger partial charge in [-0.05, 0) is 25.8 Å². The van der Waals surface area contributed by atoms with E-state index in [0.29, 0.717) is 6.10 Å². The lowest BCUT2D eigenvalue weighted by atomic mass is 9.88. The molecule has 0 radical (unpaired) electrons. The fourth-order valence-corrected chi connectivity index (χ4v) is 2.40. The smallest absolute Gasteiger partial charge is 0.0578 e. The van der Waals surface area contributed by atoms with E-state index >= 15 is 0 Å². The van der Waals surface area contributed by atoms with Gasteiger partial charge in [0.25, 0.3) is 0 Å². The van der Waals surface area contributed by atoms with Gasteiger partial charge in [-0.1, -0.05) is 33.6 Å². The van der Waals surface area contributed by atoms with Crippen LogP contribution in [0.4, 0.5) is 0 Å². The fraction of sp³-hybridized carbons (Fsp3) is 1.00. The molecule has 1 fully saturated rings. The maximum Gasteiger partial charge on any atom is 0.0578 e. The maximum absolute atomic E-state index is 6.03. The number of hydrogen-bond donors (Lipinski definition) is 1. The van der Waals surface area contributed by atoms with E-state index in [1.165, 1.54) is 25.7 Å². The topological polar surface area (TPSA) is 21.3 Å². The van der Waals surface area contributed by atoms with Crippen molar-refractivity contribution in [2.45, 2.75) is 52.6 Å². The van der Waals surface area contributed by atoms with Gasteiger partial charge in [-0.3, -0.25) is 0 Å². The molecule has 1 saturated carbocycles. The van der Waals surface area contributed by atoms with Crippen molar-refractivity contribution in [1.29, 1.82) is 0 Å². The fourth-order valence-electron chi connectivity index (χ4n) is 2.40. The van der Waals surface area contributed by atoms with Crippen molar-refractivity contribution in [3.63, 3.8) is 0 Å². The third-order valence-electron chi connectivity index (χ3n) is 3.25. The largest absolute Gasteiger partial charge is 0.378 e. The van der Waals surface area contributed by atoms with Gasteiger partial charge in [0.2, 0.25) is 0 Å². The number of rotatable bonds is 5. The third-order valence-corrected chi connectivity index (χ3v) is 3.25. The number of ether oxygens (including phenoxy) is 1. The highest BCUT2D eigenvalue weighted by molar-refractivity contribution is 4.74. The molecule has 1 aliphatic rings. The first kappa shape index (κ1) is 13.0. The van der Waals surface area contributed by atoms with Gasteiger partial charge in [0.1, 0.15) is 0 Å². The quantitative estimate of drug-likeness (QED) is 0.758. The average Bonchev–Trinajstić information content (AvgIpc) is 2.15. The van der Waals surface area contributed by atoms with E-state index in [9.17, 15) is 0 Å². The van der Waals surface area contributed by atoms with Gasteiger partial charge in [0.15, 0.2) is 0 Å². The number of nitrogens with one attached hydrogen (secondary N) is 1. The van der Waals surface area contributed by atoms with Gasteiger partial charge in [-0.25, -0.2) is 0 Å². The summed E-state index contributed by atoms with van der Waals surface area (Å²) in [6.07, 6.45) is 5.78. The van der Waals surface area contributed by atoms with Crippen molar-refractivity contribution >= 4 is 0 Å². The summed E-state index contributed by atoms with van der Waals surface area (Å²) in [7, 11) is 2.00. The van der Waals surface area contributed by atoms with Crippen LogP contribution in [0.2, 0.25) is 0 Å². The minimum absolute atomic E-state index is 0.259. The molecule has 2 nitrogen and oxygen atoms in total. The summed E-state index contributed by atoms with van der Waals surface area (Å²) in [6, 6.07) is 0. The van der Waals surface area contributed by atoms with Crippen molar-refractivity contribution < 1.29 is 4.74 Å². The first-order chi connectivity index (χ1) is 7.03. The van der Waals surface area contributed by atoms with Crippen LogP contribution in [0.5, 0.6) is 0 Å². The Morgan fingerprint density at radius 1 is 1.33 bits per heavy atom. The molecule has 2 atom stereocenters. The molecule has 0 amide bonds. The second-order valence-electron chi connectivity index (χ2n) is 5.90. The van der Waals surface area contributed by atoms with Crippen molar-refractivity contribution in [3.05, 3.63) is 0 Å². The minimum Gasteiger partial charge on any atom is -0.378 e. The Hall–Kier alpha value is -0.0800. The second-order valence-corrected chi connectivity index (χ2v) is 5.90. The predicted molar refractivity (Wildman–Crippen MR) is 65.1 cm³/mol. The lowest BCUT2D eigenvalue weighted by molar-refractivity contribution is -0.0230. The molecule has 0 aromatic heterocycles. The molecule has 1 rings (SSSR count). The van der Waals surface area contributed by atoms with Gasteiger partial charge < -0.3 is 10.1 Å². The molecule has 0 saturated heterocycles. The van der Waals surface area contributed by atoms with Crippen LogP contribution in [0.25, 0.3) is 0 Å². The van der Waals surface area contributed by atoms with Gasteiger partial charge in [0.05, 0.1) is 12.7 Å². The molecule has 2 unspecified atom stereocenters. The normalized spacial score (nSPS) is 28.0. The summed E-state index contributed by atoms with van der Waals surface area (Å²) in [4.78, 5) is 0. The zero-order valence-electron chi connectivity index (χ0n) is 10.8. The minimum atomic E-state index is 0.259. The van der Waals surface area contributed by atoms with Crippen molar-refractivity contribution in [2.75, 3.05) is 20.2 Å². The van der Waals surface area contributed by atoms with Crippen molar-refractivity contribution in [3.8, 4) is 0 Å². The van der Waals surface area contributed by atoms with Crippen LogP contribution in [0.15, 0.2) is 0 Å². The molecule has 0 heterocycles. The predicted octanol–water partition coefficient (Wildman–Crippen LogP) is 2.83. The van der Waals surface area contributed by atoms with E-state index in [1.54, 1.807) is 0 Å². The third kappa shape index (κ3) is 4.98. The Labute approximate surface area is 94.8 Å². The highest BCUT2D eigenvalue weighted by Gasteiger charge is 2.23. The van der Waals surface area contributed by atoms with Gasteiger partial charge >= 0.3 is 0 Å². The van der Waals surface area contributed by atoms with Crippen LogP contribution < -0.4 is 5.32 Å². The Balaban J connectivity index is 2.23. The van der Waals surface area contributed by atoms with E-state index in [4.69, 9.17) is 4.74 Å². The van der Waals surface area contributed by atoms with E-state index in [2.05, 4.69) is 26.1 Å². The highest BCUT2D eigenvalue weighted by Crippen LogP contribution is 2.27. The lowest BCUT2D eigenvalue weighted by Crippen LogP contribution is -2.34. The molecule has 0 aromatic rings. The number of hydrogen-bond acceptors (Lipinski definition) is 2. The van der Waals surface area contributed by atoms with Crippen LogP contribution in [-0.4, -0.2) is 26.3 Å². The Morgan fingerprint density at radius 3 is 2.67 bits per heavy atom. The summed E-state index contributed by atoms with van der Waals surface area (Å²) >= 11 is 0. The summed E-state index contributed by atoms with van der Waals surface area (Å²) in [5, 5.41) is 3.22. The van der Waals surface area contributed by atoms with Crippen LogP contribution >= 0.6 is 0 Å². The van der Waals surface area contributed by atoms with Gasteiger partial charge in [-0.2, -0.15) is 0 Å². The molecule has 0 aliphatic heterocycles. The van der Waals surface area contributed by atoms with Crippen molar-refractivity contribution in [1.82, 2.24) is 5.32 Å². The zero-order valence-corrected chi connectivity index (χ0v) is 10.8. The van der Waals surface area contributed by atoms with Crippen LogP contribution in [0.1, 0.15) is 46.5 Å². The molecular weight excluding hydrogens is 186 g/mol. The maximum atomic E-state index is 6.03. The second kappa shape index (κ2) is 5.86. The van der Waals surface area contributed by atoms with E-state index < -0.39 is 0 Å². The summed E-state index contributed by atoms with van der Waals surface area (Å²) in [5.74, 6) is 0.858. The monoisotopic (exact) mass is 213 g/mol. The highest BCUT2D eigenvalue weighted by atomic mass is 16.5. The molecule has 15 heavy (non-hydrogen) atoms. The molecular formula is C13H27NO. The molecule has 1 N–H and O–H groups in total. The summed E-state index contributed by atoms with van der Waals surface area (Å²) < 4.78 is 6.03.